The van der Waals surface area contributed by atoms with E-state index in [-0.39, 0.29) is 17.5 Å². The molecule has 1 aromatic heterocycles. The lowest BCUT2D eigenvalue weighted by atomic mass is 9.99. The van der Waals surface area contributed by atoms with Crippen molar-refractivity contribution < 1.29 is 13.5 Å². The van der Waals surface area contributed by atoms with Crippen LogP contribution >= 0.6 is 11.6 Å². The predicted octanol–water partition coefficient (Wildman–Crippen LogP) is 2.92. The maximum absolute atomic E-state index is 13.0. The summed E-state index contributed by atoms with van der Waals surface area (Å²) >= 11 is 6.57. The lowest BCUT2D eigenvalue weighted by molar-refractivity contribution is 0.213. The highest BCUT2D eigenvalue weighted by Gasteiger charge is 2.35. The standard InChI is InChI=1S/C19H21ClN4O3S/c1-11-9-13(28(26,27)24-8-2-3-12(24)10-25)4-5-14(11)15-6-7-16-17(18(15)20)19(21)23-22-16/h4-7,9,12,25H,2-3,8,10H2,1H3,(H3,21,22,23)/t12-/m0/s1. The minimum Gasteiger partial charge on any atom is -0.395 e. The highest BCUT2D eigenvalue weighted by molar-refractivity contribution is 7.89. The highest BCUT2D eigenvalue weighted by Crippen LogP contribution is 2.38. The second kappa shape index (κ2) is 7.04. The van der Waals surface area contributed by atoms with Crippen LogP contribution in [-0.2, 0) is 10.0 Å². The van der Waals surface area contributed by atoms with Crippen LogP contribution in [0.2, 0.25) is 5.02 Å². The second-order valence-corrected chi connectivity index (χ2v) is 9.30. The molecule has 1 aliphatic heterocycles. The number of aliphatic hydroxyl groups is 1. The molecule has 1 atom stereocenters. The number of anilines is 1. The molecule has 4 N–H and O–H groups in total. The number of halogens is 1. The average Bonchev–Trinajstić information content (AvgIpc) is 3.30. The number of aliphatic hydroxyl groups excluding tert-OH is 1. The molecule has 0 saturated carbocycles. The van der Waals surface area contributed by atoms with Gasteiger partial charge in [-0.1, -0.05) is 23.7 Å². The van der Waals surface area contributed by atoms with Gasteiger partial charge in [0.2, 0.25) is 10.0 Å². The van der Waals surface area contributed by atoms with Gasteiger partial charge >= 0.3 is 0 Å². The minimum atomic E-state index is -3.66. The zero-order valence-electron chi connectivity index (χ0n) is 15.3. The Kier molecular flexibility index (Phi) is 4.83. The maximum Gasteiger partial charge on any atom is 0.243 e. The first-order valence-electron chi connectivity index (χ1n) is 9.00. The van der Waals surface area contributed by atoms with Crippen molar-refractivity contribution in [1.82, 2.24) is 14.5 Å². The molecule has 2 aromatic carbocycles. The molecule has 1 fully saturated rings. The number of aryl methyl sites for hydroxylation is 1. The lowest BCUT2D eigenvalue weighted by Gasteiger charge is -2.23. The van der Waals surface area contributed by atoms with Gasteiger partial charge in [0.1, 0.15) is 0 Å². The molecule has 0 aliphatic carbocycles. The van der Waals surface area contributed by atoms with Crippen LogP contribution in [0.25, 0.3) is 22.0 Å². The van der Waals surface area contributed by atoms with Gasteiger partial charge in [0, 0.05) is 18.2 Å². The topological polar surface area (TPSA) is 112 Å². The predicted molar refractivity (Wildman–Crippen MR) is 110 cm³/mol. The van der Waals surface area contributed by atoms with Crippen LogP contribution in [0.4, 0.5) is 5.82 Å². The van der Waals surface area contributed by atoms with Crippen LogP contribution in [0.5, 0.6) is 0 Å². The van der Waals surface area contributed by atoms with Gasteiger partial charge in [0.05, 0.1) is 27.4 Å². The summed E-state index contributed by atoms with van der Waals surface area (Å²) in [4.78, 5) is 0.217. The van der Waals surface area contributed by atoms with Crippen molar-refractivity contribution in [1.29, 1.82) is 0 Å². The molecule has 28 heavy (non-hydrogen) atoms. The van der Waals surface area contributed by atoms with Crippen LogP contribution in [-0.4, -0.2) is 47.2 Å². The number of nitrogens with zero attached hydrogens (tertiary/aromatic N) is 2. The Morgan fingerprint density at radius 3 is 2.79 bits per heavy atom. The minimum absolute atomic E-state index is 0.169. The van der Waals surface area contributed by atoms with Crippen molar-refractivity contribution in [3.8, 4) is 11.1 Å². The number of rotatable bonds is 4. The van der Waals surface area contributed by atoms with E-state index in [1.807, 2.05) is 19.1 Å². The van der Waals surface area contributed by atoms with Gasteiger partial charge in [-0.25, -0.2) is 8.42 Å². The Morgan fingerprint density at radius 1 is 1.32 bits per heavy atom. The van der Waals surface area contributed by atoms with Gasteiger partial charge in [-0.3, -0.25) is 5.10 Å². The number of nitrogens with two attached hydrogens (primary N) is 1. The van der Waals surface area contributed by atoms with Gasteiger partial charge in [0.25, 0.3) is 0 Å². The highest BCUT2D eigenvalue weighted by atomic mass is 35.5. The average molecular weight is 421 g/mol. The van der Waals surface area contributed by atoms with Crippen LogP contribution in [0, 0.1) is 6.92 Å². The first-order valence-corrected chi connectivity index (χ1v) is 10.8. The third-order valence-corrected chi connectivity index (χ3v) is 7.66. The summed E-state index contributed by atoms with van der Waals surface area (Å²) in [7, 11) is -3.66. The van der Waals surface area contributed by atoms with E-state index < -0.39 is 10.0 Å². The van der Waals surface area contributed by atoms with E-state index in [1.165, 1.54) is 4.31 Å². The molecule has 1 saturated heterocycles. The number of fused-ring (bicyclic) bond motifs is 1. The largest absolute Gasteiger partial charge is 0.395 e. The first kappa shape index (κ1) is 19.2. The molecule has 0 spiro atoms. The summed E-state index contributed by atoms with van der Waals surface area (Å²) in [6, 6.07) is 8.35. The summed E-state index contributed by atoms with van der Waals surface area (Å²) in [5.74, 6) is 0.322. The van der Waals surface area contributed by atoms with Crippen LogP contribution in [0.15, 0.2) is 35.2 Å². The summed E-state index contributed by atoms with van der Waals surface area (Å²) in [6.07, 6.45) is 1.43. The van der Waals surface area contributed by atoms with Crippen molar-refractivity contribution in [3.05, 3.63) is 40.9 Å². The molecule has 2 heterocycles. The van der Waals surface area contributed by atoms with Crippen LogP contribution in [0.1, 0.15) is 18.4 Å². The number of aromatic nitrogens is 2. The summed E-state index contributed by atoms with van der Waals surface area (Å²) in [6.45, 7) is 2.11. The van der Waals surface area contributed by atoms with E-state index in [0.717, 1.165) is 28.6 Å². The number of aromatic amines is 1. The van der Waals surface area contributed by atoms with E-state index >= 15 is 0 Å². The zero-order valence-corrected chi connectivity index (χ0v) is 16.9. The summed E-state index contributed by atoms with van der Waals surface area (Å²) < 4.78 is 27.4. The molecule has 0 unspecified atom stereocenters. The molecule has 9 heteroatoms. The number of sulfonamides is 1. The number of benzene rings is 2. The first-order chi connectivity index (χ1) is 13.3. The monoisotopic (exact) mass is 420 g/mol. The van der Waals surface area contributed by atoms with Gasteiger partial charge < -0.3 is 10.8 Å². The van der Waals surface area contributed by atoms with Gasteiger partial charge in [-0.2, -0.15) is 9.40 Å². The number of H-pyrrole nitrogens is 1. The molecule has 148 valence electrons. The molecule has 0 bridgehead atoms. The number of hydrogen-bond donors (Lipinski definition) is 3. The Bertz CT molecular complexity index is 1160. The van der Waals surface area contributed by atoms with Crippen molar-refractivity contribution in [2.75, 3.05) is 18.9 Å². The van der Waals surface area contributed by atoms with Gasteiger partial charge in [-0.05, 0) is 49.1 Å². The Balaban J connectivity index is 1.77. The fourth-order valence-electron chi connectivity index (χ4n) is 3.85. The second-order valence-electron chi connectivity index (χ2n) is 7.03. The van der Waals surface area contributed by atoms with Crippen LogP contribution in [0.3, 0.4) is 0 Å². The van der Waals surface area contributed by atoms with Crippen molar-refractivity contribution >= 4 is 38.3 Å². The number of nitrogens with one attached hydrogen (secondary N) is 1. The smallest absolute Gasteiger partial charge is 0.243 e. The lowest BCUT2D eigenvalue weighted by Crippen LogP contribution is -2.37. The molecular weight excluding hydrogens is 400 g/mol. The van der Waals surface area contributed by atoms with Crippen LogP contribution < -0.4 is 5.73 Å². The summed E-state index contributed by atoms with van der Waals surface area (Å²) in [5.41, 5.74) is 9.02. The van der Waals surface area contributed by atoms with Gasteiger partial charge in [-0.15, -0.1) is 0 Å². The maximum atomic E-state index is 13.0. The Morgan fingerprint density at radius 2 is 2.07 bits per heavy atom. The van der Waals surface area contributed by atoms with E-state index in [0.29, 0.717) is 29.2 Å². The Hall–Kier alpha value is -2.13. The number of nitrogen functional groups attached to an aromatic ring is 1. The van der Waals surface area contributed by atoms with Crippen molar-refractivity contribution in [2.45, 2.75) is 30.7 Å². The fraction of sp³-hybridized carbons (Fsp3) is 0.316. The zero-order chi connectivity index (χ0) is 20.1. The van der Waals surface area contributed by atoms with Crippen molar-refractivity contribution in [2.24, 2.45) is 0 Å². The molecule has 0 amide bonds. The number of hydrogen-bond acceptors (Lipinski definition) is 5. The molecule has 0 radical (unpaired) electrons. The molecule has 4 rings (SSSR count). The third-order valence-electron chi connectivity index (χ3n) is 5.32. The van der Waals surface area contributed by atoms with E-state index in [4.69, 9.17) is 17.3 Å². The third kappa shape index (κ3) is 2.97. The molecule has 1 aliphatic rings. The quantitative estimate of drug-likeness (QED) is 0.600. The van der Waals surface area contributed by atoms with Gasteiger partial charge in [0.15, 0.2) is 5.82 Å². The molecular formula is C19H21ClN4O3S. The summed E-state index contributed by atoms with van der Waals surface area (Å²) in [5, 5.41) is 17.4. The molecule has 3 aromatic rings. The van der Waals surface area contributed by atoms with E-state index in [2.05, 4.69) is 10.2 Å². The van der Waals surface area contributed by atoms with Crippen molar-refractivity contribution in [3.63, 3.8) is 0 Å². The molecule has 7 nitrogen and oxygen atoms in total. The van der Waals surface area contributed by atoms with E-state index in [9.17, 15) is 13.5 Å². The van der Waals surface area contributed by atoms with E-state index in [1.54, 1.807) is 18.2 Å². The Labute approximate surface area is 168 Å². The fourth-order valence-corrected chi connectivity index (χ4v) is 5.98. The SMILES string of the molecule is Cc1cc(S(=O)(=O)N2CCC[C@H]2CO)ccc1-c1ccc2[nH]nc(N)c2c1Cl. The normalized spacial score (nSPS) is 18.2.